The van der Waals surface area contributed by atoms with Crippen molar-refractivity contribution in [2.75, 3.05) is 0 Å². The molecule has 4 unspecified atom stereocenters. The maximum absolute atomic E-state index is 11.7. The van der Waals surface area contributed by atoms with E-state index < -0.39 is 0 Å². The Morgan fingerprint density at radius 1 is 0.821 bits per heavy atom. The molecule has 28 heavy (non-hydrogen) atoms. The number of hydrogen-bond donors (Lipinski definition) is 2. The van der Waals surface area contributed by atoms with E-state index in [4.69, 9.17) is 0 Å². The van der Waals surface area contributed by atoms with Gasteiger partial charge in [-0.1, -0.05) is 53.4 Å². The predicted molar refractivity (Wildman–Crippen MR) is 116 cm³/mol. The van der Waals surface area contributed by atoms with Crippen LogP contribution < -0.4 is 0 Å². The molecule has 4 aliphatic rings. The van der Waals surface area contributed by atoms with Gasteiger partial charge in [-0.15, -0.1) is 0 Å². The van der Waals surface area contributed by atoms with Crippen molar-refractivity contribution in [1.82, 2.24) is 0 Å². The van der Waals surface area contributed by atoms with E-state index in [0.29, 0.717) is 34.5 Å². The van der Waals surface area contributed by atoms with E-state index in [9.17, 15) is 10.2 Å². The zero-order valence-corrected chi connectivity index (χ0v) is 19.0. The quantitative estimate of drug-likeness (QED) is 0.549. The molecule has 4 rings (SSSR count). The third kappa shape index (κ3) is 3.11. The number of hydrogen-bond acceptors (Lipinski definition) is 2. The zero-order chi connectivity index (χ0) is 20.1. The second kappa shape index (κ2) is 7.88. The minimum absolute atomic E-state index is 0.140. The molecule has 4 fully saturated rings. The highest BCUT2D eigenvalue weighted by Crippen LogP contribution is 2.69. The van der Waals surface area contributed by atoms with Crippen LogP contribution in [0.1, 0.15) is 105 Å². The monoisotopic (exact) mass is 390 g/mol. The lowest BCUT2D eigenvalue weighted by Gasteiger charge is -2.64. The highest BCUT2D eigenvalue weighted by Gasteiger charge is 2.64. The van der Waals surface area contributed by atoms with E-state index in [1.165, 1.54) is 57.8 Å². The second-order valence-electron chi connectivity index (χ2n) is 11.7. The summed E-state index contributed by atoms with van der Waals surface area (Å²) in [6, 6.07) is 0. The van der Waals surface area contributed by atoms with Crippen LogP contribution >= 0.6 is 0 Å². The summed E-state index contributed by atoms with van der Waals surface area (Å²) in [5.74, 6) is 3.71. The maximum atomic E-state index is 11.7. The van der Waals surface area contributed by atoms with Crippen LogP contribution in [-0.2, 0) is 0 Å². The Morgan fingerprint density at radius 2 is 1.54 bits per heavy atom. The third-order valence-electron chi connectivity index (χ3n) is 10.7. The topological polar surface area (TPSA) is 40.5 Å². The van der Waals surface area contributed by atoms with Crippen molar-refractivity contribution in [1.29, 1.82) is 0 Å². The van der Waals surface area contributed by atoms with Gasteiger partial charge in [0.15, 0.2) is 0 Å². The Bertz CT molecular complexity index is 547. The van der Waals surface area contributed by atoms with E-state index in [0.717, 1.165) is 31.1 Å². The second-order valence-corrected chi connectivity index (χ2v) is 11.7. The van der Waals surface area contributed by atoms with Crippen molar-refractivity contribution in [3.63, 3.8) is 0 Å². The lowest BCUT2D eigenvalue weighted by molar-refractivity contribution is -0.202. The fourth-order valence-corrected chi connectivity index (χ4v) is 9.18. The molecule has 4 saturated carbocycles. The number of unbranched alkanes of at least 4 members (excludes halogenated alkanes) is 2. The van der Waals surface area contributed by atoms with Crippen molar-refractivity contribution in [3.8, 4) is 0 Å². The molecule has 4 aliphatic carbocycles. The summed E-state index contributed by atoms with van der Waals surface area (Å²) in [5.41, 5.74) is 0.803. The summed E-state index contributed by atoms with van der Waals surface area (Å²) in [5, 5.41) is 22.1. The molecule has 0 saturated heterocycles. The molecule has 2 N–H and O–H groups in total. The molecule has 0 aliphatic heterocycles. The first-order chi connectivity index (χ1) is 13.4. The number of rotatable bonds is 5. The van der Waals surface area contributed by atoms with E-state index in [1.807, 2.05) is 0 Å². The highest BCUT2D eigenvalue weighted by atomic mass is 16.3. The summed E-state index contributed by atoms with van der Waals surface area (Å²) in [6.45, 7) is 9.74. The van der Waals surface area contributed by atoms with Crippen molar-refractivity contribution < 1.29 is 10.2 Å². The van der Waals surface area contributed by atoms with Gasteiger partial charge in [-0.2, -0.15) is 0 Å². The average molecular weight is 391 g/mol. The lowest BCUT2D eigenvalue weighted by atomic mass is 9.41. The first-order valence-electron chi connectivity index (χ1n) is 12.7. The minimum Gasteiger partial charge on any atom is -0.393 e. The van der Waals surface area contributed by atoms with E-state index in [1.54, 1.807) is 0 Å². The van der Waals surface area contributed by atoms with Crippen LogP contribution in [0.25, 0.3) is 0 Å². The normalized spacial score (nSPS) is 53.4. The molecular weight excluding hydrogens is 344 g/mol. The average Bonchev–Trinajstić information content (AvgIpc) is 3.00. The van der Waals surface area contributed by atoms with Crippen molar-refractivity contribution >= 4 is 0 Å². The van der Waals surface area contributed by atoms with Crippen LogP contribution in [0.4, 0.5) is 0 Å². The number of aliphatic hydroxyl groups is 2. The Morgan fingerprint density at radius 3 is 2.25 bits per heavy atom. The molecule has 2 nitrogen and oxygen atoms in total. The molecule has 162 valence electrons. The Balaban J connectivity index is 1.61. The van der Waals surface area contributed by atoms with Gasteiger partial charge in [0.1, 0.15) is 0 Å². The van der Waals surface area contributed by atoms with Gasteiger partial charge < -0.3 is 10.2 Å². The Labute approximate surface area is 173 Å². The van der Waals surface area contributed by atoms with E-state index in [2.05, 4.69) is 27.7 Å². The minimum atomic E-state index is -0.141. The van der Waals surface area contributed by atoms with Gasteiger partial charge in [-0.25, -0.2) is 0 Å². The Kier molecular flexibility index (Phi) is 5.95. The van der Waals surface area contributed by atoms with Crippen LogP contribution in [0.5, 0.6) is 0 Å². The molecule has 0 aromatic heterocycles. The van der Waals surface area contributed by atoms with E-state index >= 15 is 0 Å². The zero-order valence-electron chi connectivity index (χ0n) is 19.0. The van der Waals surface area contributed by atoms with Gasteiger partial charge in [0.2, 0.25) is 0 Å². The van der Waals surface area contributed by atoms with Gasteiger partial charge in [0.05, 0.1) is 12.2 Å². The SMILES string of the molecule is CCCCC[C@H]1CCC2C3C(CC[C@@]21C)[C@@]1(C)CC[C@@H](O)CC1[C@@H](CC)[C@H]3O. The van der Waals surface area contributed by atoms with Crippen molar-refractivity contribution in [3.05, 3.63) is 0 Å². The van der Waals surface area contributed by atoms with Gasteiger partial charge >= 0.3 is 0 Å². The summed E-state index contributed by atoms with van der Waals surface area (Å²) in [4.78, 5) is 0. The molecule has 10 atom stereocenters. The third-order valence-corrected chi connectivity index (χ3v) is 10.7. The summed E-state index contributed by atoms with van der Waals surface area (Å²) >= 11 is 0. The van der Waals surface area contributed by atoms with Crippen LogP contribution in [-0.4, -0.2) is 22.4 Å². The molecule has 0 aromatic carbocycles. The predicted octanol–water partition coefficient (Wildman–Crippen LogP) is 6.19. The van der Waals surface area contributed by atoms with Crippen LogP contribution in [0.3, 0.4) is 0 Å². The number of aliphatic hydroxyl groups excluding tert-OH is 2. The van der Waals surface area contributed by atoms with Crippen molar-refractivity contribution in [2.45, 2.75) is 117 Å². The molecule has 0 bridgehead atoms. The molecule has 0 heterocycles. The molecule has 0 aromatic rings. The molecule has 0 radical (unpaired) electrons. The molecule has 0 spiro atoms. The Hall–Kier alpha value is -0.0800. The summed E-state index contributed by atoms with van der Waals surface area (Å²) < 4.78 is 0. The standard InChI is InChI=1S/C26H46O2/c1-5-7-8-9-17-10-11-20-23-21(13-15-25(17,20)3)26(4)14-12-18(27)16-22(26)19(6-2)24(23)28/h17-24,27-28H,5-16H2,1-4H3/t17-,18+,19+,20?,21?,22?,23?,24+,25+,26+/m0/s1. The molecule has 2 heteroatoms. The summed E-state index contributed by atoms with van der Waals surface area (Å²) in [6.07, 6.45) is 14.8. The number of fused-ring (bicyclic) bond motifs is 5. The summed E-state index contributed by atoms with van der Waals surface area (Å²) in [7, 11) is 0. The maximum Gasteiger partial charge on any atom is 0.0605 e. The van der Waals surface area contributed by atoms with Crippen LogP contribution in [0, 0.1) is 46.3 Å². The van der Waals surface area contributed by atoms with Crippen LogP contribution in [0.15, 0.2) is 0 Å². The molecule has 0 amide bonds. The van der Waals surface area contributed by atoms with Crippen molar-refractivity contribution in [2.24, 2.45) is 46.3 Å². The van der Waals surface area contributed by atoms with Gasteiger partial charge in [-0.3, -0.25) is 0 Å². The lowest BCUT2D eigenvalue weighted by Crippen LogP contribution is -2.62. The first-order valence-corrected chi connectivity index (χ1v) is 12.7. The van der Waals surface area contributed by atoms with Gasteiger partial charge in [0.25, 0.3) is 0 Å². The fourth-order valence-electron chi connectivity index (χ4n) is 9.18. The first kappa shape index (κ1) is 21.2. The smallest absolute Gasteiger partial charge is 0.0605 e. The fraction of sp³-hybridized carbons (Fsp3) is 1.00. The molecular formula is C26H46O2. The van der Waals surface area contributed by atoms with E-state index in [-0.39, 0.29) is 12.2 Å². The van der Waals surface area contributed by atoms with Gasteiger partial charge in [-0.05, 0) is 97.7 Å². The van der Waals surface area contributed by atoms with Gasteiger partial charge in [0, 0.05) is 0 Å². The highest BCUT2D eigenvalue weighted by molar-refractivity contribution is 5.13. The van der Waals surface area contributed by atoms with Crippen LogP contribution in [0.2, 0.25) is 0 Å². The largest absolute Gasteiger partial charge is 0.393 e.